The van der Waals surface area contributed by atoms with Crippen molar-refractivity contribution in [1.82, 2.24) is 4.72 Å². The minimum absolute atomic E-state index is 0.194. The molecule has 7 heteroatoms. The highest BCUT2D eigenvalue weighted by Gasteiger charge is 2.35. The van der Waals surface area contributed by atoms with Crippen LogP contribution < -0.4 is 4.72 Å². The molecule has 1 saturated heterocycles. The summed E-state index contributed by atoms with van der Waals surface area (Å²) in [4.78, 5) is 0. The molecule has 0 aromatic heterocycles. The topological polar surface area (TPSA) is 55.4 Å². The van der Waals surface area contributed by atoms with Crippen LogP contribution in [0, 0.1) is 11.6 Å². The molecule has 0 amide bonds. The van der Waals surface area contributed by atoms with Gasteiger partial charge in [0.25, 0.3) is 0 Å². The molecule has 0 unspecified atom stereocenters. The standard InChI is InChI=1S/C19H21F2NO3S/c20-17-6-4-16(5-7-17)19(8-10-25-11-9-19)14-22-26(23,24)13-15-2-1-3-18(21)12-15/h1-7,12,22H,8-11,13-14H2. The molecule has 4 nitrogen and oxygen atoms in total. The fraction of sp³-hybridized carbons (Fsp3) is 0.368. The van der Waals surface area contributed by atoms with Crippen LogP contribution >= 0.6 is 0 Å². The second-order valence-electron chi connectivity index (χ2n) is 6.61. The van der Waals surface area contributed by atoms with E-state index in [1.807, 2.05) is 0 Å². The summed E-state index contributed by atoms with van der Waals surface area (Å²) in [5, 5.41) is 0. The summed E-state index contributed by atoms with van der Waals surface area (Å²) in [7, 11) is -3.64. The number of ether oxygens (including phenoxy) is 1. The van der Waals surface area contributed by atoms with E-state index in [9.17, 15) is 17.2 Å². The fourth-order valence-corrected chi connectivity index (χ4v) is 4.50. The predicted molar refractivity (Wildman–Crippen MR) is 95.2 cm³/mol. The summed E-state index contributed by atoms with van der Waals surface area (Å²) >= 11 is 0. The van der Waals surface area contributed by atoms with Gasteiger partial charge >= 0.3 is 0 Å². The maximum atomic E-state index is 13.3. The largest absolute Gasteiger partial charge is 0.381 e. The van der Waals surface area contributed by atoms with E-state index < -0.39 is 21.3 Å². The van der Waals surface area contributed by atoms with Gasteiger partial charge in [0.2, 0.25) is 10.0 Å². The van der Waals surface area contributed by atoms with Crippen LogP contribution in [-0.2, 0) is 25.9 Å². The molecule has 2 aromatic rings. The van der Waals surface area contributed by atoms with Gasteiger partial charge in [0.1, 0.15) is 11.6 Å². The molecule has 1 N–H and O–H groups in total. The van der Waals surface area contributed by atoms with Crippen molar-refractivity contribution < 1.29 is 21.9 Å². The van der Waals surface area contributed by atoms with Crippen LogP contribution in [0.2, 0.25) is 0 Å². The zero-order valence-electron chi connectivity index (χ0n) is 14.3. The van der Waals surface area contributed by atoms with Crippen molar-refractivity contribution in [1.29, 1.82) is 0 Å². The quantitative estimate of drug-likeness (QED) is 0.836. The smallest absolute Gasteiger partial charge is 0.215 e. The van der Waals surface area contributed by atoms with E-state index in [4.69, 9.17) is 4.74 Å². The first kappa shape index (κ1) is 18.9. The molecule has 140 valence electrons. The molecular weight excluding hydrogens is 360 g/mol. The second-order valence-corrected chi connectivity index (χ2v) is 8.42. The highest BCUT2D eigenvalue weighted by Crippen LogP contribution is 2.34. The number of hydrogen-bond acceptors (Lipinski definition) is 3. The maximum absolute atomic E-state index is 13.3. The van der Waals surface area contributed by atoms with Gasteiger partial charge in [-0.1, -0.05) is 24.3 Å². The summed E-state index contributed by atoms with van der Waals surface area (Å²) in [6.45, 7) is 1.23. The molecule has 1 heterocycles. The molecule has 1 fully saturated rings. The van der Waals surface area contributed by atoms with Gasteiger partial charge in [0.05, 0.1) is 5.75 Å². The number of benzene rings is 2. The van der Waals surface area contributed by atoms with Gasteiger partial charge in [0, 0.05) is 25.2 Å². The SMILES string of the molecule is O=S(=O)(Cc1cccc(F)c1)NCC1(c2ccc(F)cc2)CCOCC1. The van der Waals surface area contributed by atoms with Gasteiger partial charge in [-0.25, -0.2) is 21.9 Å². The average molecular weight is 381 g/mol. The number of rotatable bonds is 6. The van der Waals surface area contributed by atoms with Crippen molar-refractivity contribution in [3.63, 3.8) is 0 Å². The number of nitrogens with one attached hydrogen (secondary N) is 1. The Morgan fingerprint density at radius 2 is 1.69 bits per heavy atom. The van der Waals surface area contributed by atoms with E-state index in [2.05, 4.69) is 4.72 Å². The minimum atomic E-state index is -3.64. The zero-order valence-corrected chi connectivity index (χ0v) is 15.1. The normalized spacial score (nSPS) is 17.2. The predicted octanol–water partition coefficient (Wildman–Crippen LogP) is 3.13. The third-order valence-corrected chi connectivity index (χ3v) is 6.08. The first-order chi connectivity index (χ1) is 12.4. The Morgan fingerprint density at radius 1 is 1.00 bits per heavy atom. The highest BCUT2D eigenvalue weighted by molar-refractivity contribution is 7.88. The van der Waals surface area contributed by atoms with E-state index in [1.165, 1.54) is 30.3 Å². The van der Waals surface area contributed by atoms with Crippen LogP contribution in [0.1, 0.15) is 24.0 Å². The maximum Gasteiger partial charge on any atom is 0.215 e. The van der Waals surface area contributed by atoms with Crippen molar-refractivity contribution in [3.05, 3.63) is 71.3 Å². The molecule has 0 spiro atoms. The van der Waals surface area contributed by atoms with Gasteiger partial charge < -0.3 is 4.74 Å². The van der Waals surface area contributed by atoms with Gasteiger partial charge in [-0.05, 0) is 48.2 Å². The molecule has 1 aliphatic rings. The van der Waals surface area contributed by atoms with Crippen molar-refractivity contribution in [3.8, 4) is 0 Å². The molecule has 0 aliphatic carbocycles. The van der Waals surface area contributed by atoms with Crippen LogP contribution in [-0.4, -0.2) is 28.2 Å². The zero-order chi connectivity index (χ0) is 18.6. The van der Waals surface area contributed by atoms with Crippen LogP contribution in [0.25, 0.3) is 0 Å². The number of halogens is 2. The summed E-state index contributed by atoms with van der Waals surface area (Å²) in [5.41, 5.74) is 0.831. The third-order valence-electron chi connectivity index (χ3n) is 4.78. The third kappa shape index (κ3) is 4.66. The average Bonchev–Trinajstić information content (AvgIpc) is 2.61. The number of hydrogen-bond donors (Lipinski definition) is 1. The minimum Gasteiger partial charge on any atom is -0.381 e. The molecule has 1 aliphatic heterocycles. The van der Waals surface area contributed by atoms with Gasteiger partial charge in [-0.3, -0.25) is 0 Å². The van der Waals surface area contributed by atoms with Crippen molar-refractivity contribution in [2.45, 2.75) is 24.0 Å². The van der Waals surface area contributed by atoms with E-state index in [0.717, 1.165) is 5.56 Å². The van der Waals surface area contributed by atoms with Crippen LogP contribution in [0.15, 0.2) is 48.5 Å². The fourth-order valence-electron chi connectivity index (χ4n) is 3.28. The van der Waals surface area contributed by atoms with Crippen molar-refractivity contribution >= 4 is 10.0 Å². The second kappa shape index (κ2) is 7.82. The Morgan fingerprint density at radius 3 is 2.35 bits per heavy atom. The van der Waals surface area contributed by atoms with Gasteiger partial charge in [-0.2, -0.15) is 0 Å². The van der Waals surface area contributed by atoms with E-state index in [-0.39, 0.29) is 18.1 Å². The molecule has 2 aromatic carbocycles. The lowest BCUT2D eigenvalue weighted by Gasteiger charge is -2.38. The Kier molecular flexibility index (Phi) is 5.70. The van der Waals surface area contributed by atoms with Crippen molar-refractivity contribution in [2.75, 3.05) is 19.8 Å². The molecule has 0 atom stereocenters. The Bertz CT molecular complexity index is 847. The van der Waals surface area contributed by atoms with Crippen LogP contribution in [0.3, 0.4) is 0 Å². The summed E-state index contributed by atoms with van der Waals surface area (Å²) in [5.74, 6) is -1.09. The highest BCUT2D eigenvalue weighted by atomic mass is 32.2. The molecule has 0 bridgehead atoms. The van der Waals surface area contributed by atoms with Crippen LogP contribution in [0.4, 0.5) is 8.78 Å². The molecule has 26 heavy (non-hydrogen) atoms. The van der Waals surface area contributed by atoms with E-state index >= 15 is 0 Å². The Balaban J connectivity index is 1.76. The summed E-state index contributed by atoms with van der Waals surface area (Å²) in [6, 6.07) is 11.7. The molecular formula is C19H21F2NO3S. The first-order valence-electron chi connectivity index (χ1n) is 8.44. The summed E-state index contributed by atoms with van der Waals surface area (Å²) in [6.07, 6.45) is 1.28. The van der Waals surface area contributed by atoms with E-state index in [0.29, 0.717) is 31.6 Å². The number of sulfonamides is 1. The lowest BCUT2D eigenvalue weighted by atomic mass is 9.74. The van der Waals surface area contributed by atoms with Gasteiger partial charge in [0.15, 0.2) is 0 Å². The summed E-state index contributed by atoms with van der Waals surface area (Å²) < 4.78 is 59.5. The Labute approximate surface area is 152 Å². The lowest BCUT2D eigenvalue weighted by Crippen LogP contribution is -2.44. The first-order valence-corrected chi connectivity index (χ1v) is 10.1. The molecule has 0 radical (unpaired) electrons. The lowest BCUT2D eigenvalue weighted by molar-refractivity contribution is 0.0517. The van der Waals surface area contributed by atoms with E-state index in [1.54, 1.807) is 18.2 Å². The molecule has 3 rings (SSSR count). The van der Waals surface area contributed by atoms with Crippen LogP contribution in [0.5, 0.6) is 0 Å². The monoisotopic (exact) mass is 381 g/mol. The van der Waals surface area contributed by atoms with Gasteiger partial charge in [-0.15, -0.1) is 0 Å². The van der Waals surface area contributed by atoms with Crippen molar-refractivity contribution in [2.24, 2.45) is 0 Å². The Hall–Kier alpha value is -1.83. The molecule has 0 saturated carbocycles.